The molecule has 0 bridgehead atoms. The number of nitrogens with one attached hydrogen (secondary N) is 1. The fourth-order valence-electron chi connectivity index (χ4n) is 1.75. The van der Waals surface area contributed by atoms with E-state index in [-0.39, 0.29) is 5.82 Å². The van der Waals surface area contributed by atoms with Crippen molar-refractivity contribution in [1.29, 1.82) is 0 Å². The normalized spacial score (nSPS) is 10.7. The van der Waals surface area contributed by atoms with Crippen LogP contribution in [0, 0.1) is 12.7 Å². The van der Waals surface area contributed by atoms with Crippen molar-refractivity contribution in [1.82, 2.24) is 5.32 Å². The zero-order chi connectivity index (χ0) is 12.1. The summed E-state index contributed by atoms with van der Waals surface area (Å²) in [5.74, 6) is -0.162. The highest BCUT2D eigenvalue weighted by molar-refractivity contribution is 7.09. The van der Waals surface area contributed by atoms with Crippen molar-refractivity contribution in [3.63, 3.8) is 0 Å². The predicted octanol–water partition coefficient (Wildman–Crippen LogP) is 3.53. The number of benzene rings is 1. The average Bonchev–Trinajstić information content (AvgIpc) is 2.79. The Hall–Kier alpha value is -1.19. The van der Waals surface area contributed by atoms with E-state index in [1.165, 1.54) is 10.9 Å². The first-order valence-corrected chi connectivity index (χ1v) is 6.62. The van der Waals surface area contributed by atoms with Crippen molar-refractivity contribution in [3.05, 3.63) is 57.5 Å². The lowest BCUT2D eigenvalue weighted by Gasteiger charge is -2.07. The predicted molar refractivity (Wildman–Crippen MR) is 70.9 cm³/mol. The first kappa shape index (κ1) is 12.3. The molecule has 0 amide bonds. The molecule has 1 heterocycles. The standard InChI is InChI=1S/C14H16FNS/c1-11-9-13(15)5-4-12(11)10-16-7-6-14-3-2-8-17-14/h2-5,8-9,16H,6-7,10H2,1H3. The van der Waals surface area contributed by atoms with Crippen LogP contribution in [-0.2, 0) is 13.0 Å². The van der Waals surface area contributed by atoms with Gasteiger partial charge in [-0.05, 0) is 48.1 Å². The Morgan fingerprint density at radius 1 is 1.29 bits per heavy atom. The summed E-state index contributed by atoms with van der Waals surface area (Å²) in [5.41, 5.74) is 2.17. The van der Waals surface area contributed by atoms with Crippen molar-refractivity contribution in [2.45, 2.75) is 19.9 Å². The van der Waals surface area contributed by atoms with Gasteiger partial charge in [0.1, 0.15) is 5.82 Å². The maximum atomic E-state index is 12.9. The molecule has 1 N–H and O–H groups in total. The summed E-state index contributed by atoms with van der Waals surface area (Å²) in [4.78, 5) is 1.40. The van der Waals surface area contributed by atoms with Gasteiger partial charge in [-0.2, -0.15) is 0 Å². The highest BCUT2D eigenvalue weighted by Gasteiger charge is 2.00. The van der Waals surface area contributed by atoms with Gasteiger partial charge < -0.3 is 5.32 Å². The molecule has 0 saturated carbocycles. The van der Waals surface area contributed by atoms with Gasteiger partial charge in [-0.3, -0.25) is 0 Å². The Kier molecular flexibility index (Phi) is 4.29. The third-order valence-electron chi connectivity index (χ3n) is 2.75. The second kappa shape index (κ2) is 5.94. The Morgan fingerprint density at radius 3 is 2.88 bits per heavy atom. The van der Waals surface area contributed by atoms with Crippen LogP contribution in [-0.4, -0.2) is 6.54 Å². The molecule has 1 aromatic carbocycles. The van der Waals surface area contributed by atoms with Gasteiger partial charge in [0.15, 0.2) is 0 Å². The molecule has 2 aromatic rings. The molecule has 0 radical (unpaired) electrons. The van der Waals surface area contributed by atoms with Crippen LogP contribution >= 0.6 is 11.3 Å². The van der Waals surface area contributed by atoms with Gasteiger partial charge in [0.05, 0.1) is 0 Å². The second-order valence-electron chi connectivity index (χ2n) is 4.08. The Labute approximate surface area is 105 Å². The smallest absolute Gasteiger partial charge is 0.123 e. The Bertz CT molecular complexity index is 465. The summed E-state index contributed by atoms with van der Waals surface area (Å²) < 4.78 is 12.9. The van der Waals surface area contributed by atoms with Crippen LogP contribution in [0.15, 0.2) is 35.7 Å². The first-order valence-electron chi connectivity index (χ1n) is 5.74. The summed E-state index contributed by atoms with van der Waals surface area (Å²) >= 11 is 1.78. The summed E-state index contributed by atoms with van der Waals surface area (Å²) in [6.45, 7) is 3.70. The van der Waals surface area contributed by atoms with E-state index < -0.39 is 0 Å². The third kappa shape index (κ3) is 3.65. The summed E-state index contributed by atoms with van der Waals surface area (Å²) in [5, 5.41) is 5.48. The molecule has 90 valence electrons. The van der Waals surface area contributed by atoms with Crippen molar-refractivity contribution < 1.29 is 4.39 Å². The van der Waals surface area contributed by atoms with Crippen molar-refractivity contribution >= 4 is 11.3 Å². The molecule has 0 unspecified atom stereocenters. The fraction of sp³-hybridized carbons (Fsp3) is 0.286. The largest absolute Gasteiger partial charge is 0.312 e. The minimum Gasteiger partial charge on any atom is -0.312 e. The molecular weight excluding hydrogens is 233 g/mol. The number of halogens is 1. The van der Waals surface area contributed by atoms with Gasteiger partial charge in [-0.25, -0.2) is 4.39 Å². The molecule has 0 fully saturated rings. The highest BCUT2D eigenvalue weighted by atomic mass is 32.1. The van der Waals surface area contributed by atoms with Crippen molar-refractivity contribution in [2.24, 2.45) is 0 Å². The summed E-state index contributed by atoms with van der Waals surface area (Å²) in [6.07, 6.45) is 1.05. The molecule has 0 atom stereocenters. The van der Waals surface area contributed by atoms with Gasteiger partial charge in [0.2, 0.25) is 0 Å². The number of thiophene rings is 1. The Morgan fingerprint density at radius 2 is 2.18 bits per heavy atom. The minimum atomic E-state index is -0.162. The van der Waals surface area contributed by atoms with Gasteiger partial charge in [0, 0.05) is 18.0 Å². The number of aryl methyl sites for hydroxylation is 1. The van der Waals surface area contributed by atoms with Gasteiger partial charge in [-0.15, -0.1) is 11.3 Å². The fourth-order valence-corrected chi connectivity index (χ4v) is 2.46. The van der Waals surface area contributed by atoms with E-state index in [2.05, 4.69) is 22.8 Å². The zero-order valence-corrected chi connectivity index (χ0v) is 10.7. The van der Waals surface area contributed by atoms with E-state index in [9.17, 15) is 4.39 Å². The van der Waals surface area contributed by atoms with Crippen LogP contribution < -0.4 is 5.32 Å². The maximum absolute atomic E-state index is 12.9. The topological polar surface area (TPSA) is 12.0 Å². The van der Waals surface area contributed by atoms with Crippen molar-refractivity contribution in [2.75, 3.05) is 6.54 Å². The summed E-state index contributed by atoms with van der Waals surface area (Å²) in [6, 6.07) is 9.17. The van der Waals surface area contributed by atoms with Gasteiger partial charge in [0.25, 0.3) is 0 Å². The van der Waals surface area contributed by atoms with E-state index in [0.29, 0.717) is 0 Å². The number of hydrogen-bond donors (Lipinski definition) is 1. The Balaban J connectivity index is 1.78. The molecule has 1 nitrogen and oxygen atoms in total. The number of hydrogen-bond acceptors (Lipinski definition) is 2. The summed E-state index contributed by atoms with van der Waals surface area (Å²) in [7, 11) is 0. The zero-order valence-electron chi connectivity index (χ0n) is 9.87. The lowest BCUT2D eigenvalue weighted by Crippen LogP contribution is -2.16. The van der Waals surface area contributed by atoms with Crippen molar-refractivity contribution in [3.8, 4) is 0 Å². The monoisotopic (exact) mass is 249 g/mol. The second-order valence-corrected chi connectivity index (χ2v) is 5.11. The molecule has 0 aliphatic carbocycles. The molecule has 1 aromatic heterocycles. The van der Waals surface area contributed by atoms with Crippen LogP contribution in [0.5, 0.6) is 0 Å². The highest BCUT2D eigenvalue weighted by Crippen LogP contribution is 2.10. The molecule has 0 aliphatic rings. The van der Waals surface area contributed by atoms with E-state index in [1.54, 1.807) is 17.4 Å². The molecule has 0 saturated heterocycles. The maximum Gasteiger partial charge on any atom is 0.123 e. The van der Waals surface area contributed by atoms with E-state index in [0.717, 1.165) is 30.6 Å². The third-order valence-corrected chi connectivity index (χ3v) is 3.68. The minimum absolute atomic E-state index is 0.162. The molecule has 17 heavy (non-hydrogen) atoms. The lowest BCUT2D eigenvalue weighted by atomic mass is 10.1. The van der Waals surface area contributed by atoms with Gasteiger partial charge in [-0.1, -0.05) is 12.1 Å². The molecule has 3 heteroatoms. The van der Waals surface area contributed by atoms with Crippen LogP contribution in [0.3, 0.4) is 0 Å². The van der Waals surface area contributed by atoms with Gasteiger partial charge >= 0.3 is 0 Å². The molecule has 0 aliphatic heterocycles. The van der Waals surface area contributed by atoms with Crippen LogP contribution in [0.2, 0.25) is 0 Å². The quantitative estimate of drug-likeness (QED) is 0.799. The SMILES string of the molecule is Cc1cc(F)ccc1CNCCc1cccs1. The first-order chi connectivity index (χ1) is 8.25. The van der Waals surface area contributed by atoms with E-state index in [4.69, 9.17) is 0 Å². The molecule has 0 spiro atoms. The van der Waals surface area contributed by atoms with Crippen LogP contribution in [0.4, 0.5) is 4.39 Å². The van der Waals surface area contributed by atoms with Crippen LogP contribution in [0.25, 0.3) is 0 Å². The molecule has 2 rings (SSSR count). The van der Waals surface area contributed by atoms with Crippen LogP contribution in [0.1, 0.15) is 16.0 Å². The lowest BCUT2D eigenvalue weighted by molar-refractivity contribution is 0.623. The molecular formula is C14H16FNS. The van der Waals surface area contributed by atoms with E-state index >= 15 is 0 Å². The number of rotatable bonds is 5. The van der Waals surface area contributed by atoms with E-state index in [1.807, 2.05) is 13.0 Å². The average molecular weight is 249 g/mol.